The van der Waals surface area contributed by atoms with Crippen molar-refractivity contribution in [3.05, 3.63) is 59.1 Å². The third kappa shape index (κ3) is 5.04. The number of rotatable bonds is 8. The SMILES string of the molecule is CCC(C(=O)NC1CC(CC)(CC)Oc2ccccc21)N(c1ccc(Cl)cc1)S(C)(=O)=O. The Kier molecular flexibility index (Phi) is 7.40. The normalized spacial score (nSPS) is 18.2. The Morgan fingerprint density at radius 3 is 2.34 bits per heavy atom. The number of halogens is 1. The summed E-state index contributed by atoms with van der Waals surface area (Å²) in [6.07, 6.45) is 3.67. The third-order valence-corrected chi connectivity index (χ3v) is 7.64. The number of amides is 1. The summed E-state index contributed by atoms with van der Waals surface area (Å²) >= 11 is 5.98. The monoisotopic (exact) mass is 478 g/mol. The van der Waals surface area contributed by atoms with E-state index in [1.165, 1.54) is 4.31 Å². The summed E-state index contributed by atoms with van der Waals surface area (Å²) in [6.45, 7) is 5.97. The molecule has 0 radical (unpaired) electrons. The number of nitrogens with zero attached hydrogens (tertiary/aromatic N) is 1. The van der Waals surface area contributed by atoms with Gasteiger partial charge in [0, 0.05) is 17.0 Å². The van der Waals surface area contributed by atoms with Crippen LogP contribution in [-0.2, 0) is 14.8 Å². The fourth-order valence-corrected chi connectivity index (χ4v) is 5.68. The van der Waals surface area contributed by atoms with Crippen molar-refractivity contribution in [2.45, 2.75) is 64.1 Å². The summed E-state index contributed by atoms with van der Waals surface area (Å²) in [7, 11) is -3.72. The number of sulfonamides is 1. The third-order valence-electron chi connectivity index (χ3n) is 6.21. The lowest BCUT2D eigenvalue weighted by atomic mass is 9.83. The van der Waals surface area contributed by atoms with Crippen LogP contribution in [0.1, 0.15) is 58.1 Å². The number of para-hydroxylation sites is 1. The first-order chi connectivity index (χ1) is 15.1. The predicted octanol–water partition coefficient (Wildman–Crippen LogP) is 5.08. The maximum atomic E-state index is 13.5. The molecule has 174 valence electrons. The summed E-state index contributed by atoms with van der Waals surface area (Å²) in [5.41, 5.74) is 0.939. The topological polar surface area (TPSA) is 75.7 Å². The molecule has 1 amide bonds. The van der Waals surface area contributed by atoms with Crippen LogP contribution in [0.3, 0.4) is 0 Å². The lowest BCUT2D eigenvalue weighted by Gasteiger charge is -2.42. The maximum absolute atomic E-state index is 13.5. The van der Waals surface area contributed by atoms with Gasteiger partial charge in [-0.2, -0.15) is 0 Å². The Bertz CT molecular complexity index is 1050. The highest BCUT2D eigenvalue weighted by Gasteiger charge is 2.40. The number of ether oxygens (including phenoxy) is 1. The minimum atomic E-state index is -3.72. The van der Waals surface area contributed by atoms with E-state index in [9.17, 15) is 13.2 Å². The van der Waals surface area contributed by atoms with Gasteiger partial charge < -0.3 is 10.1 Å². The second kappa shape index (κ2) is 9.71. The molecular formula is C24H31ClN2O4S. The Labute approximate surface area is 196 Å². The number of carbonyl (C=O) groups is 1. The van der Waals surface area contributed by atoms with Crippen molar-refractivity contribution in [1.82, 2.24) is 5.32 Å². The van der Waals surface area contributed by atoms with E-state index in [0.29, 0.717) is 23.6 Å². The second-order valence-corrected chi connectivity index (χ2v) is 10.6. The molecule has 2 aromatic rings. The predicted molar refractivity (Wildman–Crippen MR) is 129 cm³/mol. The molecule has 1 N–H and O–H groups in total. The van der Waals surface area contributed by atoms with E-state index in [1.54, 1.807) is 31.2 Å². The van der Waals surface area contributed by atoms with Crippen molar-refractivity contribution in [2.75, 3.05) is 10.6 Å². The molecule has 1 aliphatic rings. The standard InChI is InChI=1S/C24H31ClN2O4S/c1-5-21(27(32(4,29)30)18-14-12-17(25)13-15-18)23(28)26-20-16-24(6-2,7-3)31-22-11-9-8-10-19(20)22/h8-15,20-21H,5-7,16H2,1-4H3,(H,26,28). The van der Waals surface area contributed by atoms with Crippen LogP contribution >= 0.6 is 11.6 Å². The highest BCUT2D eigenvalue weighted by molar-refractivity contribution is 7.92. The first kappa shape index (κ1) is 24.4. The van der Waals surface area contributed by atoms with Crippen molar-refractivity contribution in [1.29, 1.82) is 0 Å². The Morgan fingerprint density at radius 2 is 1.78 bits per heavy atom. The largest absolute Gasteiger partial charge is 0.487 e. The van der Waals surface area contributed by atoms with Gasteiger partial charge >= 0.3 is 0 Å². The fourth-order valence-electron chi connectivity index (χ4n) is 4.35. The number of benzene rings is 2. The first-order valence-electron chi connectivity index (χ1n) is 11.0. The fraction of sp³-hybridized carbons (Fsp3) is 0.458. The van der Waals surface area contributed by atoms with Crippen LogP contribution in [0, 0.1) is 0 Å². The van der Waals surface area contributed by atoms with Crippen LogP contribution in [0.5, 0.6) is 5.75 Å². The molecule has 1 heterocycles. The van der Waals surface area contributed by atoms with Crippen molar-refractivity contribution >= 4 is 33.2 Å². The van der Waals surface area contributed by atoms with Gasteiger partial charge in [-0.1, -0.05) is 50.6 Å². The average Bonchev–Trinajstić information content (AvgIpc) is 2.77. The minimum Gasteiger partial charge on any atom is -0.487 e. The summed E-state index contributed by atoms with van der Waals surface area (Å²) < 4.78 is 32.9. The lowest BCUT2D eigenvalue weighted by Crippen LogP contribution is -2.52. The molecule has 0 bridgehead atoms. The highest BCUT2D eigenvalue weighted by atomic mass is 35.5. The second-order valence-electron chi connectivity index (χ2n) is 8.25. The molecule has 2 atom stereocenters. The van der Waals surface area contributed by atoms with E-state index < -0.39 is 16.1 Å². The molecular weight excluding hydrogens is 448 g/mol. The molecule has 0 aromatic heterocycles. The van der Waals surface area contributed by atoms with Crippen LogP contribution in [0.15, 0.2) is 48.5 Å². The smallest absolute Gasteiger partial charge is 0.244 e. The zero-order chi connectivity index (χ0) is 23.5. The Balaban J connectivity index is 1.95. The summed E-state index contributed by atoms with van der Waals surface area (Å²) in [6, 6.07) is 13.0. The molecule has 0 spiro atoms. The molecule has 0 aliphatic carbocycles. The summed E-state index contributed by atoms with van der Waals surface area (Å²) in [5, 5.41) is 3.63. The average molecular weight is 479 g/mol. The zero-order valence-corrected chi connectivity index (χ0v) is 20.5. The van der Waals surface area contributed by atoms with Gasteiger partial charge in [0.15, 0.2) is 0 Å². The van der Waals surface area contributed by atoms with E-state index in [4.69, 9.17) is 16.3 Å². The van der Waals surface area contributed by atoms with Gasteiger partial charge in [0.1, 0.15) is 17.4 Å². The molecule has 32 heavy (non-hydrogen) atoms. The summed E-state index contributed by atoms with van der Waals surface area (Å²) in [4.78, 5) is 13.5. The number of hydrogen-bond donors (Lipinski definition) is 1. The van der Waals surface area contributed by atoms with Crippen LogP contribution in [0.25, 0.3) is 0 Å². The summed E-state index contributed by atoms with van der Waals surface area (Å²) in [5.74, 6) is 0.425. The van der Waals surface area contributed by atoms with Crippen molar-refractivity contribution in [2.24, 2.45) is 0 Å². The van der Waals surface area contributed by atoms with Crippen LogP contribution in [-0.4, -0.2) is 32.2 Å². The van der Waals surface area contributed by atoms with E-state index in [0.717, 1.165) is 30.4 Å². The lowest BCUT2D eigenvalue weighted by molar-refractivity contribution is -0.123. The number of fused-ring (bicyclic) bond motifs is 1. The minimum absolute atomic E-state index is 0.270. The van der Waals surface area contributed by atoms with Crippen LogP contribution in [0.2, 0.25) is 5.02 Å². The van der Waals surface area contributed by atoms with Gasteiger partial charge in [0.05, 0.1) is 18.0 Å². The Hall–Kier alpha value is -2.25. The van der Waals surface area contributed by atoms with E-state index in [-0.39, 0.29) is 17.6 Å². The van der Waals surface area contributed by atoms with E-state index in [1.807, 2.05) is 24.3 Å². The van der Waals surface area contributed by atoms with Crippen molar-refractivity contribution < 1.29 is 17.9 Å². The molecule has 6 nitrogen and oxygen atoms in total. The van der Waals surface area contributed by atoms with Gasteiger partial charge in [-0.15, -0.1) is 0 Å². The van der Waals surface area contributed by atoms with Crippen LogP contribution in [0.4, 0.5) is 5.69 Å². The molecule has 0 saturated carbocycles. The molecule has 2 unspecified atom stereocenters. The van der Waals surface area contributed by atoms with Gasteiger partial charge in [0.25, 0.3) is 0 Å². The van der Waals surface area contributed by atoms with Crippen LogP contribution < -0.4 is 14.4 Å². The molecule has 1 aliphatic heterocycles. The molecule has 2 aromatic carbocycles. The quantitative estimate of drug-likeness (QED) is 0.573. The molecule has 0 saturated heterocycles. The molecule has 0 fully saturated rings. The van der Waals surface area contributed by atoms with Gasteiger partial charge in [0.2, 0.25) is 15.9 Å². The Morgan fingerprint density at radius 1 is 1.16 bits per heavy atom. The number of anilines is 1. The maximum Gasteiger partial charge on any atom is 0.244 e. The van der Waals surface area contributed by atoms with Crippen molar-refractivity contribution in [3.63, 3.8) is 0 Å². The number of carbonyl (C=O) groups excluding carboxylic acids is 1. The van der Waals surface area contributed by atoms with Gasteiger partial charge in [-0.3, -0.25) is 9.10 Å². The molecule has 3 rings (SSSR count). The van der Waals surface area contributed by atoms with E-state index >= 15 is 0 Å². The van der Waals surface area contributed by atoms with Gasteiger partial charge in [-0.25, -0.2) is 8.42 Å². The number of hydrogen-bond acceptors (Lipinski definition) is 4. The highest BCUT2D eigenvalue weighted by Crippen LogP contribution is 2.42. The first-order valence-corrected chi connectivity index (χ1v) is 13.2. The zero-order valence-electron chi connectivity index (χ0n) is 19.0. The van der Waals surface area contributed by atoms with Gasteiger partial charge in [-0.05, 0) is 49.6 Å². The van der Waals surface area contributed by atoms with E-state index in [2.05, 4.69) is 19.2 Å². The number of nitrogens with one attached hydrogen (secondary N) is 1. The van der Waals surface area contributed by atoms with Crippen molar-refractivity contribution in [3.8, 4) is 5.75 Å². The molecule has 8 heteroatoms.